The van der Waals surface area contributed by atoms with Crippen molar-refractivity contribution >= 4 is 37.5 Å². The van der Waals surface area contributed by atoms with Crippen LogP contribution in [-0.4, -0.2) is 26.5 Å². The van der Waals surface area contributed by atoms with Crippen molar-refractivity contribution in [2.24, 2.45) is 0 Å². The number of carbonyl (C=O) groups is 1. The van der Waals surface area contributed by atoms with Crippen LogP contribution in [0.3, 0.4) is 0 Å². The summed E-state index contributed by atoms with van der Waals surface area (Å²) in [5.74, 6) is 0.376. The summed E-state index contributed by atoms with van der Waals surface area (Å²) in [6, 6.07) is 22.5. The Balaban J connectivity index is 1.65. The van der Waals surface area contributed by atoms with Gasteiger partial charge in [-0.15, -0.1) is 0 Å². The van der Waals surface area contributed by atoms with Crippen LogP contribution in [-0.2, 0) is 14.8 Å². The Hall–Kier alpha value is -2.84. The van der Waals surface area contributed by atoms with Gasteiger partial charge >= 0.3 is 0 Å². The first-order valence-corrected chi connectivity index (χ1v) is 13.9. The number of nitrogens with one attached hydrogen (secondary N) is 1. The van der Waals surface area contributed by atoms with Crippen molar-refractivity contribution in [2.75, 3.05) is 10.8 Å². The number of fused-ring (bicyclic) bond motifs is 1. The minimum Gasteiger partial charge on any atom is -0.487 e. The number of halogens is 1. The molecule has 0 aliphatic carbocycles. The standard InChI is InChI=1S/C27H29BrN2O4S/c1-3-27(4-2)18-24(23-15-8-9-16-25(23)34-27)29-26(31)19-30(21-12-10-11-20(28)17-21)35(32,33)22-13-6-5-7-14-22/h5-17,24H,3-4,18-19H2,1-2H3,(H,29,31)/t24-/m0/s1. The van der Waals surface area contributed by atoms with Crippen LogP contribution in [0.25, 0.3) is 0 Å². The highest BCUT2D eigenvalue weighted by molar-refractivity contribution is 9.10. The zero-order valence-electron chi connectivity index (χ0n) is 19.8. The maximum absolute atomic E-state index is 13.6. The second-order valence-corrected chi connectivity index (χ2v) is 11.4. The minimum atomic E-state index is -3.97. The molecule has 1 atom stereocenters. The first-order chi connectivity index (χ1) is 16.8. The zero-order chi connectivity index (χ0) is 25.1. The van der Waals surface area contributed by atoms with Crippen molar-refractivity contribution in [1.29, 1.82) is 0 Å². The molecule has 1 aliphatic heterocycles. The van der Waals surface area contributed by atoms with E-state index in [1.165, 1.54) is 12.1 Å². The molecule has 1 aliphatic rings. The average molecular weight is 558 g/mol. The number of hydrogen-bond donors (Lipinski definition) is 1. The second-order valence-electron chi connectivity index (χ2n) is 8.66. The van der Waals surface area contributed by atoms with E-state index in [9.17, 15) is 13.2 Å². The van der Waals surface area contributed by atoms with E-state index in [0.717, 1.165) is 32.9 Å². The molecule has 0 saturated carbocycles. The molecule has 0 saturated heterocycles. The highest BCUT2D eigenvalue weighted by Crippen LogP contribution is 2.42. The number of rotatable bonds is 8. The molecule has 0 fully saturated rings. The Morgan fingerprint density at radius 3 is 2.40 bits per heavy atom. The highest BCUT2D eigenvalue weighted by atomic mass is 79.9. The zero-order valence-corrected chi connectivity index (χ0v) is 22.2. The Bertz CT molecular complexity index is 1290. The van der Waals surface area contributed by atoms with E-state index in [1.807, 2.05) is 30.3 Å². The molecule has 184 valence electrons. The van der Waals surface area contributed by atoms with Crippen LogP contribution in [0.2, 0.25) is 0 Å². The van der Waals surface area contributed by atoms with E-state index < -0.39 is 10.0 Å². The van der Waals surface area contributed by atoms with Crippen LogP contribution in [0.1, 0.15) is 44.7 Å². The molecule has 0 unspecified atom stereocenters. The van der Waals surface area contributed by atoms with Gasteiger partial charge in [-0.1, -0.05) is 72.2 Å². The van der Waals surface area contributed by atoms with Crippen LogP contribution in [0.15, 0.2) is 88.2 Å². The van der Waals surface area contributed by atoms with Crippen LogP contribution < -0.4 is 14.4 Å². The maximum atomic E-state index is 13.6. The van der Waals surface area contributed by atoms with E-state index in [4.69, 9.17) is 4.74 Å². The highest BCUT2D eigenvalue weighted by Gasteiger charge is 2.39. The van der Waals surface area contributed by atoms with E-state index >= 15 is 0 Å². The fourth-order valence-electron chi connectivity index (χ4n) is 4.47. The van der Waals surface area contributed by atoms with Gasteiger partial charge in [0.25, 0.3) is 10.0 Å². The molecular formula is C27H29BrN2O4S. The third-order valence-corrected chi connectivity index (χ3v) is 8.82. The van der Waals surface area contributed by atoms with Gasteiger partial charge in [0.1, 0.15) is 17.9 Å². The summed E-state index contributed by atoms with van der Waals surface area (Å²) >= 11 is 3.41. The van der Waals surface area contributed by atoms with Crippen LogP contribution in [0, 0.1) is 0 Å². The second kappa shape index (κ2) is 10.4. The molecule has 1 heterocycles. The topological polar surface area (TPSA) is 75.7 Å². The lowest BCUT2D eigenvalue weighted by molar-refractivity contribution is -0.121. The van der Waals surface area contributed by atoms with E-state index in [0.29, 0.717) is 12.1 Å². The van der Waals surface area contributed by atoms with E-state index in [-0.39, 0.29) is 29.0 Å². The molecule has 3 aromatic rings. The van der Waals surface area contributed by atoms with E-state index in [2.05, 4.69) is 35.1 Å². The molecule has 1 N–H and O–H groups in total. The number of nitrogens with zero attached hydrogens (tertiary/aromatic N) is 1. The fraction of sp³-hybridized carbons (Fsp3) is 0.296. The normalized spacial score (nSPS) is 16.6. The number of sulfonamides is 1. The molecule has 3 aromatic carbocycles. The van der Waals surface area contributed by atoms with Gasteiger partial charge in [0.2, 0.25) is 5.91 Å². The van der Waals surface area contributed by atoms with Gasteiger partial charge in [-0.05, 0) is 49.2 Å². The van der Waals surface area contributed by atoms with Gasteiger partial charge in [-0.25, -0.2) is 8.42 Å². The van der Waals surface area contributed by atoms with Gasteiger partial charge in [0.15, 0.2) is 0 Å². The minimum absolute atomic E-state index is 0.125. The van der Waals surface area contributed by atoms with Crippen LogP contribution in [0.4, 0.5) is 5.69 Å². The van der Waals surface area contributed by atoms with Crippen LogP contribution in [0.5, 0.6) is 5.75 Å². The summed E-state index contributed by atoms with van der Waals surface area (Å²) in [4.78, 5) is 13.5. The molecular weight excluding hydrogens is 528 g/mol. The van der Waals surface area contributed by atoms with Crippen molar-refractivity contribution in [3.05, 3.63) is 88.9 Å². The summed E-state index contributed by atoms with van der Waals surface area (Å²) in [6.45, 7) is 3.81. The number of benzene rings is 3. The van der Waals surface area contributed by atoms with E-state index in [1.54, 1.807) is 36.4 Å². The molecule has 8 heteroatoms. The van der Waals surface area contributed by atoms with Gasteiger partial charge in [0.05, 0.1) is 16.6 Å². The van der Waals surface area contributed by atoms with Gasteiger partial charge in [0, 0.05) is 16.5 Å². The van der Waals surface area contributed by atoms with Crippen molar-refractivity contribution in [1.82, 2.24) is 5.32 Å². The number of carbonyl (C=O) groups excluding carboxylic acids is 1. The molecule has 0 radical (unpaired) electrons. The summed E-state index contributed by atoms with van der Waals surface area (Å²) < 4.78 is 35.4. The summed E-state index contributed by atoms with van der Waals surface area (Å²) in [5.41, 5.74) is 0.923. The van der Waals surface area contributed by atoms with Crippen molar-refractivity contribution in [3.63, 3.8) is 0 Å². The van der Waals surface area contributed by atoms with Gasteiger partial charge in [-0.2, -0.15) is 0 Å². The first kappa shape index (κ1) is 25.3. The molecule has 35 heavy (non-hydrogen) atoms. The Morgan fingerprint density at radius 2 is 1.71 bits per heavy atom. The molecule has 6 nitrogen and oxygen atoms in total. The monoisotopic (exact) mass is 556 g/mol. The van der Waals surface area contributed by atoms with Crippen LogP contribution >= 0.6 is 15.9 Å². The van der Waals surface area contributed by atoms with Crippen molar-refractivity contribution < 1.29 is 17.9 Å². The third-order valence-electron chi connectivity index (χ3n) is 6.54. The fourth-order valence-corrected chi connectivity index (χ4v) is 6.29. The Morgan fingerprint density at radius 1 is 1.03 bits per heavy atom. The largest absolute Gasteiger partial charge is 0.487 e. The number of anilines is 1. The SMILES string of the molecule is CCC1(CC)C[C@H](NC(=O)CN(c2cccc(Br)c2)S(=O)(=O)c2ccccc2)c2ccccc2O1. The number of hydrogen-bond acceptors (Lipinski definition) is 4. The molecule has 0 aromatic heterocycles. The molecule has 4 rings (SSSR count). The molecule has 1 amide bonds. The summed E-state index contributed by atoms with van der Waals surface area (Å²) in [6.07, 6.45) is 2.22. The molecule has 0 bridgehead atoms. The average Bonchev–Trinajstić information content (AvgIpc) is 2.87. The lowest BCUT2D eigenvalue weighted by atomic mass is 9.83. The van der Waals surface area contributed by atoms with Crippen molar-refractivity contribution in [2.45, 2.75) is 49.6 Å². The number of para-hydroxylation sites is 1. The number of ether oxygens (including phenoxy) is 1. The first-order valence-electron chi connectivity index (χ1n) is 11.7. The summed E-state index contributed by atoms with van der Waals surface area (Å²) in [7, 11) is -3.97. The number of amides is 1. The van der Waals surface area contributed by atoms with Gasteiger partial charge < -0.3 is 10.1 Å². The van der Waals surface area contributed by atoms with Crippen molar-refractivity contribution in [3.8, 4) is 5.75 Å². The quantitative estimate of drug-likeness (QED) is 0.378. The Labute approximate surface area is 215 Å². The smallest absolute Gasteiger partial charge is 0.264 e. The lowest BCUT2D eigenvalue weighted by Crippen LogP contribution is -2.47. The summed E-state index contributed by atoms with van der Waals surface area (Å²) in [5, 5.41) is 3.10. The third kappa shape index (κ3) is 5.38. The Kier molecular flexibility index (Phi) is 7.52. The maximum Gasteiger partial charge on any atom is 0.264 e. The predicted octanol–water partition coefficient (Wildman–Crippen LogP) is 5.84. The predicted molar refractivity (Wildman–Crippen MR) is 141 cm³/mol. The van der Waals surface area contributed by atoms with Gasteiger partial charge in [-0.3, -0.25) is 9.10 Å². The lowest BCUT2D eigenvalue weighted by Gasteiger charge is -2.41. The molecule has 0 spiro atoms.